The maximum absolute atomic E-state index is 14.3. The number of hydrogen-bond acceptors (Lipinski definition) is 6. The van der Waals surface area contributed by atoms with Gasteiger partial charge >= 0.3 is 5.91 Å². The quantitative estimate of drug-likeness (QED) is 0.635. The van der Waals surface area contributed by atoms with Crippen LogP contribution in [0.4, 0.5) is 15.8 Å². The highest BCUT2D eigenvalue weighted by Crippen LogP contribution is 2.27. The molecule has 0 aliphatic carbocycles. The molecule has 0 saturated carbocycles. The van der Waals surface area contributed by atoms with Crippen LogP contribution >= 0.6 is 0 Å². The maximum Gasteiger partial charge on any atom is 0.300 e. The van der Waals surface area contributed by atoms with Crippen molar-refractivity contribution in [2.75, 3.05) is 24.3 Å². The largest absolute Gasteiger partial charge is 0.451 e. The summed E-state index contributed by atoms with van der Waals surface area (Å²) in [4.78, 5) is 13.8. The van der Waals surface area contributed by atoms with E-state index in [1.54, 1.807) is 26.0 Å². The fourth-order valence-corrected chi connectivity index (χ4v) is 4.03. The van der Waals surface area contributed by atoms with Gasteiger partial charge in [0.25, 0.3) is 10.0 Å². The number of halogens is 1. The van der Waals surface area contributed by atoms with Crippen LogP contribution in [0, 0.1) is 5.82 Å². The highest BCUT2D eigenvalue weighted by Gasteiger charge is 2.27. The van der Waals surface area contributed by atoms with Crippen LogP contribution in [0.3, 0.4) is 0 Å². The molecule has 1 aromatic heterocycles. The second kappa shape index (κ2) is 7.75. The lowest BCUT2D eigenvalue weighted by molar-refractivity contribution is 0.0956. The van der Waals surface area contributed by atoms with Crippen LogP contribution in [0.2, 0.25) is 0 Å². The van der Waals surface area contributed by atoms with Crippen molar-refractivity contribution in [3.8, 4) is 0 Å². The van der Waals surface area contributed by atoms with Crippen molar-refractivity contribution in [1.29, 1.82) is 0 Å². The van der Waals surface area contributed by atoms with Crippen LogP contribution in [0.5, 0.6) is 0 Å². The van der Waals surface area contributed by atoms with Crippen molar-refractivity contribution >= 4 is 38.3 Å². The number of sulfonamides is 1. The van der Waals surface area contributed by atoms with Gasteiger partial charge in [0.15, 0.2) is 5.76 Å². The average molecular weight is 419 g/mol. The molecule has 0 atom stereocenters. The molecule has 0 aliphatic heterocycles. The zero-order valence-corrected chi connectivity index (χ0v) is 17.3. The fraction of sp³-hybridized carbons (Fsp3) is 0.250. The Bertz CT molecular complexity index is 1170. The molecule has 29 heavy (non-hydrogen) atoms. The highest BCUT2D eigenvalue weighted by molar-refractivity contribution is 7.90. The zero-order valence-electron chi connectivity index (χ0n) is 16.5. The fourth-order valence-electron chi connectivity index (χ4n) is 2.84. The zero-order chi connectivity index (χ0) is 21.3. The Balaban J connectivity index is 1.93. The lowest BCUT2D eigenvalue weighted by Gasteiger charge is -2.15. The van der Waals surface area contributed by atoms with E-state index in [2.05, 4.69) is 5.32 Å². The SMILES string of the molecule is CC(C)Nc1cccc(F)c1S(=O)(=O)NC(=O)c1cc2ccc(N(C)C)cc2o1. The summed E-state index contributed by atoms with van der Waals surface area (Å²) in [6.45, 7) is 3.58. The van der Waals surface area contributed by atoms with Gasteiger partial charge in [-0.15, -0.1) is 0 Å². The van der Waals surface area contributed by atoms with Crippen molar-refractivity contribution in [3.63, 3.8) is 0 Å². The number of fused-ring (bicyclic) bond motifs is 1. The first-order valence-electron chi connectivity index (χ1n) is 8.91. The third-order valence-corrected chi connectivity index (χ3v) is 5.56. The summed E-state index contributed by atoms with van der Waals surface area (Å²) in [6, 6.07) is 10.5. The molecule has 0 saturated heterocycles. The summed E-state index contributed by atoms with van der Waals surface area (Å²) >= 11 is 0. The molecule has 2 N–H and O–H groups in total. The van der Waals surface area contributed by atoms with Crippen LogP contribution in [0.15, 0.2) is 51.8 Å². The maximum atomic E-state index is 14.3. The van der Waals surface area contributed by atoms with E-state index in [9.17, 15) is 17.6 Å². The molecule has 0 spiro atoms. The number of nitrogens with one attached hydrogen (secondary N) is 2. The number of hydrogen-bond donors (Lipinski definition) is 2. The Morgan fingerprint density at radius 3 is 2.52 bits per heavy atom. The molecule has 3 rings (SSSR count). The molecular formula is C20H22FN3O4S. The topological polar surface area (TPSA) is 91.7 Å². The average Bonchev–Trinajstić information content (AvgIpc) is 3.04. The van der Waals surface area contributed by atoms with Crippen molar-refractivity contribution in [2.24, 2.45) is 0 Å². The molecule has 3 aromatic rings. The first-order chi connectivity index (χ1) is 13.6. The second-order valence-corrected chi connectivity index (χ2v) is 8.70. The number of anilines is 2. The Kier molecular flexibility index (Phi) is 5.52. The highest BCUT2D eigenvalue weighted by atomic mass is 32.2. The predicted octanol–water partition coefficient (Wildman–Crippen LogP) is 3.58. The number of carbonyl (C=O) groups is 1. The van der Waals surface area contributed by atoms with E-state index in [0.29, 0.717) is 11.0 Å². The van der Waals surface area contributed by atoms with E-state index >= 15 is 0 Å². The van der Waals surface area contributed by atoms with Crippen LogP contribution in [-0.4, -0.2) is 34.5 Å². The summed E-state index contributed by atoms with van der Waals surface area (Å²) in [5.74, 6) is -2.13. The van der Waals surface area contributed by atoms with E-state index < -0.39 is 26.6 Å². The Hall–Kier alpha value is -3.07. The third kappa shape index (κ3) is 4.34. The Labute approximate surface area is 168 Å². The molecule has 0 radical (unpaired) electrons. The van der Waals surface area contributed by atoms with Crippen molar-refractivity contribution in [2.45, 2.75) is 24.8 Å². The molecule has 154 valence electrons. The van der Waals surface area contributed by atoms with Gasteiger partial charge in [0.1, 0.15) is 16.3 Å². The minimum absolute atomic E-state index is 0.0699. The van der Waals surface area contributed by atoms with E-state index in [4.69, 9.17) is 4.42 Å². The van der Waals surface area contributed by atoms with E-state index in [1.807, 2.05) is 29.8 Å². The normalized spacial score (nSPS) is 11.7. The summed E-state index contributed by atoms with van der Waals surface area (Å²) in [7, 11) is -0.754. The third-order valence-electron chi connectivity index (χ3n) is 4.15. The summed E-state index contributed by atoms with van der Waals surface area (Å²) in [6.07, 6.45) is 0. The van der Waals surface area contributed by atoms with Gasteiger partial charge in [0, 0.05) is 37.3 Å². The van der Waals surface area contributed by atoms with Gasteiger partial charge in [0.2, 0.25) is 0 Å². The number of furan rings is 1. The molecule has 2 aromatic carbocycles. The lowest BCUT2D eigenvalue weighted by atomic mass is 10.2. The van der Waals surface area contributed by atoms with Gasteiger partial charge in [0.05, 0.1) is 5.69 Å². The van der Waals surface area contributed by atoms with Gasteiger partial charge < -0.3 is 14.6 Å². The minimum Gasteiger partial charge on any atom is -0.451 e. The first kappa shape index (κ1) is 20.7. The first-order valence-corrected chi connectivity index (χ1v) is 10.4. The molecule has 7 nitrogen and oxygen atoms in total. The van der Waals surface area contributed by atoms with Crippen molar-refractivity contribution in [3.05, 3.63) is 54.0 Å². The molecule has 9 heteroatoms. The number of benzene rings is 2. The Morgan fingerprint density at radius 1 is 1.14 bits per heavy atom. The van der Waals surface area contributed by atoms with E-state index in [1.165, 1.54) is 18.2 Å². The van der Waals surface area contributed by atoms with Gasteiger partial charge in [-0.3, -0.25) is 4.79 Å². The summed E-state index contributed by atoms with van der Waals surface area (Å²) < 4.78 is 47.2. The number of nitrogens with zero attached hydrogens (tertiary/aromatic N) is 1. The standard InChI is InChI=1S/C20H22FN3O4S/c1-12(2)22-16-7-5-6-15(21)19(16)29(26,27)23-20(25)18-10-13-8-9-14(24(3)4)11-17(13)28-18/h5-12,22H,1-4H3,(H,23,25). The van der Waals surface area contributed by atoms with Crippen molar-refractivity contribution in [1.82, 2.24) is 4.72 Å². The smallest absolute Gasteiger partial charge is 0.300 e. The molecule has 1 heterocycles. The second-order valence-electron chi connectivity index (χ2n) is 7.08. The lowest BCUT2D eigenvalue weighted by Crippen LogP contribution is -2.31. The van der Waals surface area contributed by atoms with E-state index in [-0.39, 0.29) is 17.5 Å². The van der Waals surface area contributed by atoms with Gasteiger partial charge in [-0.2, -0.15) is 0 Å². The number of rotatable bonds is 6. The van der Waals surface area contributed by atoms with Crippen LogP contribution in [0.1, 0.15) is 24.4 Å². The van der Waals surface area contributed by atoms with Gasteiger partial charge in [-0.25, -0.2) is 17.5 Å². The number of carbonyl (C=O) groups excluding carboxylic acids is 1. The Morgan fingerprint density at radius 2 is 1.86 bits per heavy atom. The van der Waals surface area contributed by atoms with Gasteiger partial charge in [-0.05, 0) is 44.2 Å². The van der Waals surface area contributed by atoms with Gasteiger partial charge in [-0.1, -0.05) is 6.07 Å². The monoisotopic (exact) mass is 419 g/mol. The molecule has 0 fully saturated rings. The predicted molar refractivity (Wildman–Crippen MR) is 110 cm³/mol. The van der Waals surface area contributed by atoms with Crippen LogP contribution in [-0.2, 0) is 10.0 Å². The van der Waals surface area contributed by atoms with E-state index in [0.717, 1.165) is 11.8 Å². The molecule has 0 aliphatic rings. The summed E-state index contributed by atoms with van der Waals surface area (Å²) in [5.41, 5.74) is 1.37. The number of amides is 1. The van der Waals surface area contributed by atoms with Crippen LogP contribution < -0.4 is 14.9 Å². The molecular weight excluding hydrogens is 397 g/mol. The summed E-state index contributed by atoms with van der Waals surface area (Å²) in [5, 5.41) is 3.52. The molecule has 0 bridgehead atoms. The molecule has 0 unspecified atom stereocenters. The minimum atomic E-state index is -4.48. The van der Waals surface area contributed by atoms with Crippen molar-refractivity contribution < 1.29 is 22.0 Å². The van der Waals surface area contributed by atoms with Crippen LogP contribution in [0.25, 0.3) is 11.0 Å². The molecule has 1 amide bonds.